The van der Waals surface area contributed by atoms with Crippen molar-refractivity contribution in [2.45, 2.75) is 19.6 Å². The van der Waals surface area contributed by atoms with E-state index in [4.69, 9.17) is 0 Å². The molecule has 0 saturated heterocycles. The summed E-state index contributed by atoms with van der Waals surface area (Å²) < 4.78 is 29.4. The van der Waals surface area contributed by atoms with Crippen molar-refractivity contribution in [3.05, 3.63) is 46.4 Å². The standard InChI is InChI=1S/C13H14F2N2OS/c1-2-16-11(12-17-7-8-19-12)9-5-3-4-6-10(9)18-13(14)15/h3-8,11,13,16H,2H2,1H3. The van der Waals surface area contributed by atoms with Gasteiger partial charge in [-0.3, -0.25) is 0 Å². The molecule has 1 atom stereocenters. The Bertz CT molecular complexity index is 505. The van der Waals surface area contributed by atoms with Crippen molar-refractivity contribution < 1.29 is 13.5 Å². The molecule has 19 heavy (non-hydrogen) atoms. The van der Waals surface area contributed by atoms with Crippen molar-refractivity contribution in [1.82, 2.24) is 10.3 Å². The molecule has 2 rings (SSSR count). The van der Waals surface area contributed by atoms with Gasteiger partial charge in [-0.25, -0.2) is 4.98 Å². The summed E-state index contributed by atoms with van der Waals surface area (Å²) in [6, 6.07) is 6.55. The van der Waals surface area contributed by atoms with E-state index >= 15 is 0 Å². The fourth-order valence-electron chi connectivity index (χ4n) is 1.83. The first-order valence-corrected chi connectivity index (χ1v) is 6.76. The van der Waals surface area contributed by atoms with Gasteiger partial charge in [0.25, 0.3) is 0 Å². The highest BCUT2D eigenvalue weighted by molar-refractivity contribution is 7.09. The molecule has 102 valence electrons. The van der Waals surface area contributed by atoms with Crippen LogP contribution in [0.25, 0.3) is 0 Å². The molecule has 1 aromatic heterocycles. The first kappa shape index (κ1) is 13.9. The second-order valence-corrected chi connectivity index (χ2v) is 4.70. The number of rotatable bonds is 6. The second kappa shape index (κ2) is 6.58. The third kappa shape index (κ3) is 3.48. The van der Waals surface area contributed by atoms with Gasteiger partial charge < -0.3 is 10.1 Å². The van der Waals surface area contributed by atoms with Gasteiger partial charge >= 0.3 is 6.61 Å². The number of para-hydroxylation sites is 1. The number of halogens is 2. The summed E-state index contributed by atoms with van der Waals surface area (Å²) in [6.07, 6.45) is 1.70. The number of nitrogens with zero attached hydrogens (tertiary/aromatic N) is 1. The van der Waals surface area contributed by atoms with E-state index in [2.05, 4.69) is 15.0 Å². The van der Waals surface area contributed by atoms with Crippen LogP contribution < -0.4 is 10.1 Å². The molecular formula is C13H14F2N2OS. The molecule has 0 radical (unpaired) electrons. The number of alkyl halides is 2. The Morgan fingerprint density at radius 3 is 2.79 bits per heavy atom. The first-order valence-electron chi connectivity index (χ1n) is 5.89. The summed E-state index contributed by atoms with van der Waals surface area (Å²) in [7, 11) is 0. The molecule has 6 heteroatoms. The Kier molecular flexibility index (Phi) is 4.81. The highest BCUT2D eigenvalue weighted by Crippen LogP contribution is 2.31. The van der Waals surface area contributed by atoms with Crippen LogP contribution in [0, 0.1) is 0 Å². The van der Waals surface area contributed by atoms with Crippen molar-refractivity contribution in [3.63, 3.8) is 0 Å². The molecule has 1 unspecified atom stereocenters. The Hall–Kier alpha value is -1.53. The van der Waals surface area contributed by atoms with Gasteiger partial charge in [-0.05, 0) is 12.6 Å². The van der Waals surface area contributed by atoms with Crippen molar-refractivity contribution in [2.24, 2.45) is 0 Å². The van der Waals surface area contributed by atoms with Gasteiger partial charge in [-0.15, -0.1) is 11.3 Å². The minimum absolute atomic E-state index is 0.179. The van der Waals surface area contributed by atoms with Gasteiger partial charge in [0.05, 0.1) is 6.04 Å². The van der Waals surface area contributed by atoms with Gasteiger partial charge in [-0.1, -0.05) is 25.1 Å². The smallest absolute Gasteiger partial charge is 0.387 e. The average Bonchev–Trinajstić information content (AvgIpc) is 2.90. The molecule has 0 saturated carbocycles. The second-order valence-electron chi connectivity index (χ2n) is 3.78. The largest absolute Gasteiger partial charge is 0.434 e. The van der Waals surface area contributed by atoms with Crippen LogP contribution in [0.15, 0.2) is 35.8 Å². The van der Waals surface area contributed by atoms with E-state index in [1.165, 1.54) is 11.3 Å². The van der Waals surface area contributed by atoms with E-state index in [0.29, 0.717) is 12.1 Å². The number of hydrogen-bond acceptors (Lipinski definition) is 4. The maximum absolute atomic E-state index is 12.4. The predicted molar refractivity (Wildman–Crippen MR) is 70.7 cm³/mol. The highest BCUT2D eigenvalue weighted by atomic mass is 32.1. The number of ether oxygens (including phenoxy) is 1. The summed E-state index contributed by atoms with van der Waals surface area (Å²) in [5, 5.41) is 5.92. The fourth-order valence-corrected chi connectivity index (χ4v) is 2.56. The molecule has 0 amide bonds. The number of nitrogens with one attached hydrogen (secondary N) is 1. The van der Waals surface area contributed by atoms with Crippen LogP contribution >= 0.6 is 11.3 Å². The van der Waals surface area contributed by atoms with Crippen LogP contribution in [-0.2, 0) is 0 Å². The van der Waals surface area contributed by atoms with E-state index in [1.807, 2.05) is 12.3 Å². The summed E-state index contributed by atoms with van der Waals surface area (Å²) in [4.78, 5) is 4.24. The zero-order valence-electron chi connectivity index (χ0n) is 10.3. The van der Waals surface area contributed by atoms with Crippen molar-refractivity contribution in [2.75, 3.05) is 6.54 Å². The van der Waals surface area contributed by atoms with E-state index in [1.54, 1.807) is 30.5 Å². The van der Waals surface area contributed by atoms with E-state index in [0.717, 1.165) is 5.01 Å². The van der Waals surface area contributed by atoms with Crippen LogP contribution in [0.5, 0.6) is 5.75 Å². The summed E-state index contributed by atoms with van der Waals surface area (Å²) in [6.45, 7) is -0.176. The lowest BCUT2D eigenvalue weighted by Gasteiger charge is -2.19. The molecule has 0 fully saturated rings. The van der Waals surface area contributed by atoms with Gasteiger partial charge in [0.15, 0.2) is 0 Å². The molecule has 0 aliphatic heterocycles. The first-order chi connectivity index (χ1) is 9.22. The Morgan fingerprint density at radius 1 is 1.37 bits per heavy atom. The minimum Gasteiger partial charge on any atom is -0.434 e. The van der Waals surface area contributed by atoms with Gasteiger partial charge in [0.1, 0.15) is 10.8 Å². The fraction of sp³-hybridized carbons (Fsp3) is 0.308. The molecule has 1 aromatic carbocycles. The molecule has 1 heterocycles. The normalized spacial score (nSPS) is 12.6. The number of hydrogen-bond donors (Lipinski definition) is 1. The third-order valence-corrected chi connectivity index (χ3v) is 3.39. The molecule has 0 spiro atoms. The molecule has 0 aliphatic rings. The zero-order valence-corrected chi connectivity index (χ0v) is 11.2. The van der Waals surface area contributed by atoms with E-state index < -0.39 is 6.61 Å². The van der Waals surface area contributed by atoms with Crippen LogP contribution in [0.1, 0.15) is 23.5 Å². The number of aromatic nitrogens is 1. The van der Waals surface area contributed by atoms with Crippen LogP contribution in [0.3, 0.4) is 0 Å². The predicted octanol–water partition coefficient (Wildman–Crippen LogP) is 3.44. The number of benzene rings is 1. The van der Waals surface area contributed by atoms with Gasteiger partial charge in [0.2, 0.25) is 0 Å². The zero-order chi connectivity index (χ0) is 13.7. The lowest BCUT2D eigenvalue weighted by Crippen LogP contribution is -2.22. The maximum atomic E-state index is 12.4. The summed E-state index contributed by atoms with van der Waals surface area (Å²) >= 11 is 1.48. The molecule has 1 N–H and O–H groups in total. The van der Waals surface area contributed by atoms with Crippen molar-refractivity contribution in [3.8, 4) is 5.75 Å². The molecule has 0 aliphatic carbocycles. The SMILES string of the molecule is CCNC(c1nccs1)c1ccccc1OC(F)F. The van der Waals surface area contributed by atoms with Crippen LogP contribution in [0.2, 0.25) is 0 Å². The third-order valence-electron chi connectivity index (χ3n) is 2.55. The van der Waals surface area contributed by atoms with Crippen molar-refractivity contribution >= 4 is 11.3 Å². The lowest BCUT2D eigenvalue weighted by atomic mass is 10.1. The Morgan fingerprint density at radius 2 is 2.16 bits per heavy atom. The Labute approximate surface area is 114 Å². The summed E-state index contributed by atoms with van der Waals surface area (Å²) in [5.41, 5.74) is 0.666. The quantitative estimate of drug-likeness (QED) is 0.882. The molecular weight excluding hydrogens is 270 g/mol. The Balaban J connectivity index is 2.36. The topological polar surface area (TPSA) is 34.2 Å². The molecule has 0 bridgehead atoms. The molecule has 3 nitrogen and oxygen atoms in total. The number of thiazole rings is 1. The monoisotopic (exact) mass is 284 g/mol. The summed E-state index contributed by atoms with van der Waals surface area (Å²) in [5.74, 6) is 0.179. The maximum Gasteiger partial charge on any atom is 0.387 e. The van der Waals surface area contributed by atoms with E-state index in [9.17, 15) is 8.78 Å². The molecule has 2 aromatic rings. The van der Waals surface area contributed by atoms with E-state index in [-0.39, 0.29) is 11.8 Å². The average molecular weight is 284 g/mol. The highest BCUT2D eigenvalue weighted by Gasteiger charge is 2.20. The minimum atomic E-state index is -2.83. The van der Waals surface area contributed by atoms with Gasteiger partial charge in [0, 0.05) is 17.1 Å². The lowest BCUT2D eigenvalue weighted by molar-refractivity contribution is -0.0506. The van der Waals surface area contributed by atoms with Crippen LogP contribution in [-0.4, -0.2) is 18.1 Å². The van der Waals surface area contributed by atoms with Gasteiger partial charge in [-0.2, -0.15) is 8.78 Å². The van der Waals surface area contributed by atoms with Crippen molar-refractivity contribution in [1.29, 1.82) is 0 Å². The van der Waals surface area contributed by atoms with Crippen LogP contribution in [0.4, 0.5) is 8.78 Å².